The quantitative estimate of drug-likeness (QED) is 0.0730. The normalized spacial score (nSPS) is 19.9. The number of aliphatic hydroxyl groups excluding tert-OH is 1. The number of rotatable bonds is 11. The summed E-state index contributed by atoms with van der Waals surface area (Å²) in [6.45, 7) is -7.54. The van der Waals surface area contributed by atoms with E-state index >= 15 is 0 Å². The minimum absolute atomic E-state index is 0.0763. The van der Waals surface area contributed by atoms with Crippen LogP contribution in [0.5, 0.6) is 5.75 Å². The molecule has 1 aromatic carbocycles. The second-order valence-electron chi connectivity index (χ2n) is 9.41. The molecule has 21 heteroatoms. The Kier molecular flexibility index (Phi) is 10.4. The molecule has 4 atom stereocenters. The van der Waals surface area contributed by atoms with E-state index in [1.165, 1.54) is 29.2 Å². The van der Waals surface area contributed by atoms with Crippen molar-refractivity contribution >= 4 is 55.1 Å². The van der Waals surface area contributed by atoms with E-state index in [0.29, 0.717) is 10.9 Å². The van der Waals surface area contributed by atoms with E-state index < -0.39 is 52.5 Å². The van der Waals surface area contributed by atoms with Gasteiger partial charge < -0.3 is 10.8 Å². The van der Waals surface area contributed by atoms with Gasteiger partial charge in [0.2, 0.25) is 5.12 Å². The van der Waals surface area contributed by atoms with Crippen molar-refractivity contribution in [1.29, 1.82) is 0 Å². The average molecular weight is 689 g/mol. The molecule has 1 saturated heterocycles. The molecule has 0 aliphatic carbocycles. The van der Waals surface area contributed by atoms with Gasteiger partial charge in [-0.1, -0.05) is 12.1 Å². The molecule has 17 nitrogen and oxygen atoms in total. The number of fused-ring (bicyclic) bond motifs is 1. The summed E-state index contributed by atoms with van der Waals surface area (Å²) < 4.78 is 61.4. The van der Waals surface area contributed by atoms with Gasteiger partial charge >= 0.3 is 185 Å². The number of phenolic OH excluding ortho intramolecular Hbond substituents is 1. The first-order valence-electron chi connectivity index (χ1n) is 12.5. The number of hydrogen-bond acceptors (Lipinski definition) is 17. The van der Waals surface area contributed by atoms with Crippen molar-refractivity contribution in [3.8, 4) is 17.6 Å². The molecule has 0 saturated carbocycles. The molecule has 236 valence electrons. The minimum atomic E-state index is -6.55. The molecule has 0 amide bonds. The summed E-state index contributed by atoms with van der Waals surface area (Å²) in [6.07, 6.45) is -0.829. The van der Waals surface area contributed by atoms with Crippen LogP contribution >= 0.6 is 33.2 Å². The summed E-state index contributed by atoms with van der Waals surface area (Å²) in [7, 11) is -8.69. The van der Waals surface area contributed by atoms with Gasteiger partial charge in [-0.2, -0.15) is 0 Å². The standard InChI is InChI=1S/C23H26N5O12P3S/c24-16(8-13-3-5-15(29)6-4-13)23(31)44-7-1-2-14-10-28(22-20(14)21(25)26-12-27-22)19-9-17(30)18(39-19)11-38-43(37,40-32,41(33)34)42(35)36/h3-6,10,12,16-19,29-30,32,37H,7-9,11,24H2,(H2,25,26,27)/t16?,17-,18+,19+/m0/s1. The number of hydrogen-bond donors (Lipinski definition) is 6. The van der Waals surface area contributed by atoms with Crippen molar-refractivity contribution in [2.24, 2.45) is 5.73 Å². The zero-order valence-corrected chi connectivity index (χ0v) is 25.9. The number of aliphatic hydroxyl groups is 1. The number of ether oxygens (including phenoxy) is 1. The van der Waals surface area contributed by atoms with Gasteiger partial charge in [-0.25, -0.2) is 0 Å². The summed E-state index contributed by atoms with van der Waals surface area (Å²) in [5, 5.41) is 28.9. The van der Waals surface area contributed by atoms with E-state index in [0.717, 1.165) is 17.3 Å². The number of nitrogen functional groups attached to an aromatic ring is 1. The summed E-state index contributed by atoms with van der Waals surface area (Å²) in [5.41, 5.74) is 13.5. The van der Waals surface area contributed by atoms with Gasteiger partial charge in [0.1, 0.15) is 5.75 Å². The Morgan fingerprint density at radius 3 is 2.55 bits per heavy atom. The predicted molar refractivity (Wildman–Crippen MR) is 156 cm³/mol. The van der Waals surface area contributed by atoms with Crippen LogP contribution in [0.25, 0.3) is 11.0 Å². The van der Waals surface area contributed by atoms with Gasteiger partial charge in [0.15, 0.2) is 0 Å². The fraction of sp³-hybridized carbons (Fsp3) is 0.348. The number of carbonyl (C=O) groups excluding carboxylic acids is 1. The molecule has 1 fully saturated rings. The monoisotopic (exact) mass is 689 g/mol. The Morgan fingerprint density at radius 2 is 1.91 bits per heavy atom. The van der Waals surface area contributed by atoms with Crippen LogP contribution in [0.15, 0.2) is 36.8 Å². The van der Waals surface area contributed by atoms with Crippen molar-refractivity contribution in [1.82, 2.24) is 14.5 Å². The number of carbonyl (C=O) groups is 1. The van der Waals surface area contributed by atoms with Crippen LogP contribution in [0, 0.1) is 11.8 Å². The van der Waals surface area contributed by atoms with Crippen LogP contribution in [-0.4, -0.2) is 70.6 Å². The van der Waals surface area contributed by atoms with E-state index in [9.17, 15) is 38.2 Å². The fourth-order valence-electron chi connectivity index (χ4n) is 4.21. The van der Waals surface area contributed by atoms with E-state index in [-0.39, 0.29) is 40.9 Å². The molecule has 3 heterocycles. The van der Waals surface area contributed by atoms with Crippen LogP contribution in [0.3, 0.4) is 0 Å². The van der Waals surface area contributed by atoms with E-state index in [2.05, 4.69) is 31.0 Å². The zero-order chi connectivity index (χ0) is 32.3. The first-order chi connectivity index (χ1) is 20.8. The Balaban J connectivity index is 1.48. The van der Waals surface area contributed by atoms with E-state index in [1.807, 2.05) is 0 Å². The Bertz CT molecular complexity index is 1730. The molecule has 0 radical (unpaired) electrons. The van der Waals surface area contributed by atoms with Crippen LogP contribution in [0.4, 0.5) is 5.82 Å². The van der Waals surface area contributed by atoms with Crippen molar-refractivity contribution in [2.75, 3.05) is 18.1 Å². The van der Waals surface area contributed by atoms with Crippen molar-refractivity contribution in [2.45, 2.75) is 37.3 Å². The third-order valence-corrected chi connectivity index (χ3v) is 16.5. The number of thioether (sulfide) groups is 1. The van der Waals surface area contributed by atoms with Crippen LogP contribution in [-0.2, 0) is 43.4 Å². The number of nitrogens with two attached hydrogens (primary N) is 2. The van der Waals surface area contributed by atoms with Crippen LogP contribution in [0.1, 0.15) is 23.8 Å². The number of benzene rings is 1. The third kappa shape index (κ3) is 6.79. The molecule has 1 aliphatic heterocycles. The van der Waals surface area contributed by atoms with Crippen LogP contribution < -0.4 is 11.5 Å². The summed E-state index contributed by atoms with van der Waals surface area (Å²) in [5.74, 6) is 6.03. The van der Waals surface area contributed by atoms with Crippen LogP contribution in [0.2, 0.25) is 0 Å². The topological polar surface area (TPSA) is 277 Å². The molecule has 1 aliphatic rings. The maximum atomic E-state index is 12.5. The number of nitrogens with zero attached hydrogens (tertiary/aromatic N) is 3. The number of aromatic hydroxyl groups is 1. The second kappa shape index (κ2) is 13.5. The molecule has 0 spiro atoms. The molecule has 1 unspecified atom stereocenters. The van der Waals surface area contributed by atoms with E-state index in [1.54, 1.807) is 12.1 Å². The third-order valence-electron chi connectivity index (χ3n) is 6.52. The average Bonchev–Trinajstić information content (AvgIpc) is 3.55. The molecule has 0 bridgehead atoms. The van der Waals surface area contributed by atoms with Gasteiger partial charge in [0, 0.05) is 0 Å². The molecule has 4 rings (SSSR count). The van der Waals surface area contributed by atoms with Crippen molar-refractivity contribution < 1.29 is 57.4 Å². The Labute approximate surface area is 253 Å². The molecule has 44 heavy (non-hydrogen) atoms. The van der Waals surface area contributed by atoms with Gasteiger partial charge in [-0.3, -0.25) is 4.79 Å². The second-order valence-corrected chi connectivity index (χ2v) is 20.6. The first-order valence-corrected chi connectivity index (χ1v) is 19.2. The van der Waals surface area contributed by atoms with Crippen molar-refractivity contribution in [3.63, 3.8) is 0 Å². The predicted octanol–water partition coefficient (Wildman–Crippen LogP) is 2.52. The molecule has 8 N–H and O–H groups in total. The summed E-state index contributed by atoms with van der Waals surface area (Å²) in [4.78, 5) is 30.9. The van der Waals surface area contributed by atoms with Gasteiger partial charge in [-0.15, -0.1) is 0 Å². The molecule has 2 aromatic heterocycles. The first kappa shape index (κ1) is 33.9. The molecular formula is C23H26N5O12P3S. The van der Waals surface area contributed by atoms with Gasteiger partial charge in [0.25, 0.3) is 0 Å². The Morgan fingerprint density at radius 1 is 1.23 bits per heavy atom. The Hall–Kier alpha value is -3.03. The fourth-order valence-corrected chi connectivity index (χ4v) is 8.43. The molecular weight excluding hydrogens is 663 g/mol. The van der Waals surface area contributed by atoms with Crippen molar-refractivity contribution in [3.05, 3.63) is 47.9 Å². The number of aromatic nitrogens is 3. The number of anilines is 1. The molecule has 3 aromatic rings. The summed E-state index contributed by atoms with van der Waals surface area (Å²) in [6, 6.07) is 5.55. The maximum absolute atomic E-state index is 12.5. The zero-order valence-electron chi connectivity index (χ0n) is 22.4. The van der Waals surface area contributed by atoms with E-state index in [4.69, 9.17) is 21.5 Å². The van der Waals surface area contributed by atoms with Gasteiger partial charge in [0.05, 0.1) is 6.04 Å². The SMILES string of the molecule is Nc1ncnc2c1c(C#CCSC(=O)C(N)Cc1ccc(O)cc1)cn2[C@H]1C[C@H](O)[C@@H](COP(O)(OO)(P(=O)=O)P(=O)=O)O1. The summed E-state index contributed by atoms with van der Waals surface area (Å²) >= 11 is 0.922. The number of phenols is 1. The van der Waals surface area contributed by atoms with Gasteiger partial charge in [-0.05, 0) is 24.1 Å².